The molecular formula is C26H36N4O2S. The number of nitrogens with two attached hydrogens (primary N) is 1. The summed E-state index contributed by atoms with van der Waals surface area (Å²) in [5, 5.41) is 8.38. The molecule has 0 aliphatic heterocycles. The summed E-state index contributed by atoms with van der Waals surface area (Å²) >= 11 is 1.90. The molecule has 1 fully saturated rings. The van der Waals surface area contributed by atoms with Gasteiger partial charge in [0.1, 0.15) is 11.1 Å². The van der Waals surface area contributed by atoms with Gasteiger partial charge in [-0.25, -0.2) is 9.98 Å². The van der Waals surface area contributed by atoms with Crippen LogP contribution in [0.1, 0.15) is 78.5 Å². The highest BCUT2D eigenvalue weighted by Crippen LogP contribution is 2.47. The first kappa shape index (κ1) is 25.1. The number of aliphatic hydroxyl groups excluding tert-OH is 1. The van der Waals surface area contributed by atoms with E-state index in [9.17, 15) is 4.79 Å². The van der Waals surface area contributed by atoms with Crippen molar-refractivity contribution in [3.05, 3.63) is 33.3 Å². The van der Waals surface area contributed by atoms with Crippen molar-refractivity contribution in [2.75, 3.05) is 7.11 Å². The fourth-order valence-corrected chi connectivity index (χ4v) is 6.48. The summed E-state index contributed by atoms with van der Waals surface area (Å²) in [6.45, 7) is 11.0. The maximum atomic E-state index is 11.1. The van der Waals surface area contributed by atoms with Crippen molar-refractivity contribution < 1.29 is 9.90 Å². The molecule has 6 nitrogen and oxygen atoms in total. The van der Waals surface area contributed by atoms with Crippen LogP contribution >= 0.6 is 11.3 Å². The molecule has 0 aromatic carbocycles. The Labute approximate surface area is 200 Å². The number of aromatic amines is 1. The van der Waals surface area contributed by atoms with Gasteiger partial charge in [0.25, 0.3) is 0 Å². The van der Waals surface area contributed by atoms with Crippen molar-refractivity contribution in [1.29, 1.82) is 0 Å². The lowest BCUT2D eigenvalue weighted by atomic mass is 9.81. The van der Waals surface area contributed by atoms with E-state index in [-0.39, 0.29) is 5.92 Å². The number of H-pyrrole nitrogens is 1. The number of aldehydes is 1. The maximum absolute atomic E-state index is 11.1. The molecular weight excluding hydrogens is 432 g/mol. The van der Waals surface area contributed by atoms with Gasteiger partial charge in [-0.3, -0.25) is 0 Å². The van der Waals surface area contributed by atoms with Crippen LogP contribution in [0, 0.1) is 26.7 Å². The lowest BCUT2D eigenvalue weighted by Gasteiger charge is -2.25. The lowest BCUT2D eigenvalue weighted by Crippen LogP contribution is -2.13. The third kappa shape index (κ3) is 4.62. The number of nitrogens with one attached hydrogen (secondary N) is 1. The van der Waals surface area contributed by atoms with Gasteiger partial charge in [-0.05, 0) is 80.5 Å². The van der Waals surface area contributed by atoms with Crippen LogP contribution < -0.4 is 5.73 Å². The number of fused-ring (bicyclic) bond motifs is 1. The van der Waals surface area contributed by atoms with Crippen LogP contribution in [0.4, 0.5) is 5.82 Å². The Kier molecular flexibility index (Phi) is 8.08. The number of carbonyl (C=O) groups is 1. The Morgan fingerprint density at radius 3 is 2.39 bits per heavy atom. The molecule has 0 radical (unpaired) electrons. The van der Waals surface area contributed by atoms with Gasteiger partial charge in [-0.1, -0.05) is 13.8 Å². The first-order valence-corrected chi connectivity index (χ1v) is 12.4. The molecule has 33 heavy (non-hydrogen) atoms. The number of pyridine rings is 1. The van der Waals surface area contributed by atoms with Gasteiger partial charge in [-0.15, -0.1) is 11.3 Å². The molecule has 7 heteroatoms. The van der Waals surface area contributed by atoms with Gasteiger partial charge in [-0.2, -0.15) is 0 Å². The summed E-state index contributed by atoms with van der Waals surface area (Å²) in [7, 11) is 1.00. The van der Waals surface area contributed by atoms with E-state index < -0.39 is 0 Å². The number of aromatic nitrogens is 2. The zero-order valence-corrected chi connectivity index (χ0v) is 21.3. The van der Waals surface area contributed by atoms with Crippen LogP contribution in [0.3, 0.4) is 0 Å². The van der Waals surface area contributed by atoms with Crippen LogP contribution in [0.2, 0.25) is 0 Å². The molecule has 0 amide bonds. The van der Waals surface area contributed by atoms with E-state index in [2.05, 4.69) is 42.7 Å². The zero-order chi connectivity index (χ0) is 24.3. The van der Waals surface area contributed by atoms with E-state index in [1.54, 1.807) is 0 Å². The largest absolute Gasteiger partial charge is 0.400 e. The third-order valence-electron chi connectivity index (χ3n) is 6.96. The Bertz CT molecular complexity index is 1150. The minimum Gasteiger partial charge on any atom is -0.400 e. The quantitative estimate of drug-likeness (QED) is 0.241. The summed E-state index contributed by atoms with van der Waals surface area (Å²) in [4.78, 5) is 26.4. The summed E-state index contributed by atoms with van der Waals surface area (Å²) in [5.74, 6) is 1.89. The number of hydrogen-bond donors (Lipinski definition) is 3. The van der Waals surface area contributed by atoms with Gasteiger partial charge in [0, 0.05) is 35.1 Å². The van der Waals surface area contributed by atoms with Gasteiger partial charge in [0.15, 0.2) is 5.82 Å². The SMILES string of the molecule is CO.Cc1c(-c2[nH]c3sc(C4CCC(C=O)CC4)c(C)c3c2C(C)C)cnc(N=CN)c1C. The van der Waals surface area contributed by atoms with Crippen LogP contribution in [0.15, 0.2) is 11.2 Å². The molecule has 3 aromatic heterocycles. The first-order chi connectivity index (χ1) is 15.9. The average molecular weight is 469 g/mol. The standard InChI is InChI=1S/C25H32N4OS.CH4O/c1-13(2)20-21-16(5)23(18-8-6-17(11-30)7-9-18)31-25(21)29-22(20)19-10-27-24(28-12-26)15(4)14(19)3;1-2/h10-13,17-18,29H,6-9H2,1-5H3,(H2,26,27,28);2H,1H3. The molecule has 1 aliphatic rings. The van der Waals surface area contributed by atoms with E-state index in [0.29, 0.717) is 17.7 Å². The molecule has 4 rings (SSSR count). The highest BCUT2D eigenvalue weighted by atomic mass is 32.1. The molecule has 0 saturated heterocycles. The molecule has 0 atom stereocenters. The Morgan fingerprint density at radius 1 is 1.15 bits per heavy atom. The van der Waals surface area contributed by atoms with Gasteiger partial charge in [0.05, 0.1) is 12.0 Å². The smallest absolute Gasteiger partial charge is 0.156 e. The van der Waals surface area contributed by atoms with E-state index in [0.717, 1.165) is 50.2 Å². The van der Waals surface area contributed by atoms with Crippen molar-refractivity contribution >= 4 is 40.0 Å². The second-order valence-corrected chi connectivity index (χ2v) is 10.2. The van der Waals surface area contributed by atoms with Gasteiger partial charge >= 0.3 is 0 Å². The summed E-state index contributed by atoms with van der Waals surface area (Å²) in [6, 6.07) is 0. The van der Waals surface area contributed by atoms with Crippen LogP contribution in [-0.4, -0.2) is 34.8 Å². The third-order valence-corrected chi connectivity index (χ3v) is 8.33. The normalized spacial score (nSPS) is 18.7. The minimum atomic E-state index is 0.254. The van der Waals surface area contributed by atoms with Crippen LogP contribution in [0.25, 0.3) is 21.5 Å². The predicted octanol–water partition coefficient (Wildman–Crippen LogP) is 6.04. The van der Waals surface area contributed by atoms with Crippen LogP contribution in [-0.2, 0) is 4.79 Å². The second-order valence-electron chi connectivity index (χ2n) is 9.14. The monoisotopic (exact) mass is 468 g/mol. The lowest BCUT2D eigenvalue weighted by molar-refractivity contribution is -0.111. The molecule has 3 aromatic rings. The molecule has 1 saturated carbocycles. The number of nitrogens with zero attached hydrogens (tertiary/aromatic N) is 2. The van der Waals surface area contributed by atoms with Crippen molar-refractivity contribution in [3.8, 4) is 11.3 Å². The average Bonchev–Trinajstić information content (AvgIpc) is 3.35. The molecule has 3 heterocycles. The topological polar surface area (TPSA) is 104 Å². The Morgan fingerprint density at radius 2 is 1.82 bits per heavy atom. The molecule has 178 valence electrons. The molecule has 4 N–H and O–H groups in total. The molecule has 1 aliphatic carbocycles. The zero-order valence-electron chi connectivity index (χ0n) is 20.5. The number of aryl methyl sites for hydroxylation is 1. The second kappa shape index (κ2) is 10.6. The number of aliphatic hydroxyl groups is 1. The van der Waals surface area contributed by atoms with Gasteiger partial charge < -0.3 is 20.6 Å². The van der Waals surface area contributed by atoms with E-state index in [4.69, 9.17) is 10.8 Å². The number of aliphatic imine (C=N–C) groups is 1. The van der Waals surface area contributed by atoms with Gasteiger partial charge in [0.2, 0.25) is 0 Å². The highest BCUT2D eigenvalue weighted by Gasteiger charge is 2.28. The van der Waals surface area contributed by atoms with E-state index >= 15 is 0 Å². The van der Waals surface area contributed by atoms with Crippen molar-refractivity contribution in [3.63, 3.8) is 0 Å². The minimum absolute atomic E-state index is 0.254. The molecule has 0 spiro atoms. The summed E-state index contributed by atoms with van der Waals surface area (Å²) < 4.78 is 0. The number of carbonyl (C=O) groups excluding carboxylic acids is 1. The first-order valence-electron chi connectivity index (χ1n) is 11.6. The maximum Gasteiger partial charge on any atom is 0.156 e. The predicted molar refractivity (Wildman–Crippen MR) is 139 cm³/mol. The van der Waals surface area contributed by atoms with Crippen molar-refractivity contribution in [2.24, 2.45) is 16.6 Å². The van der Waals surface area contributed by atoms with E-state index in [1.807, 2.05) is 24.5 Å². The van der Waals surface area contributed by atoms with Crippen molar-refractivity contribution in [2.45, 2.75) is 72.1 Å². The van der Waals surface area contributed by atoms with Crippen LogP contribution in [0.5, 0.6) is 0 Å². The summed E-state index contributed by atoms with van der Waals surface area (Å²) in [6.07, 6.45) is 8.63. The number of hydrogen-bond acceptors (Lipinski definition) is 5. The number of thiophene rings is 1. The summed E-state index contributed by atoms with van der Waals surface area (Å²) in [5.41, 5.74) is 12.8. The Hall–Kier alpha value is -2.51. The number of rotatable bonds is 5. The molecule has 0 bridgehead atoms. The van der Waals surface area contributed by atoms with E-state index in [1.165, 1.54) is 43.8 Å². The highest BCUT2D eigenvalue weighted by molar-refractivity contribution is 7.19. The molecule has 0 unspecified atom stereocenters. The van der Waals surface area contributed by atoms with Crippen molar-refractivity contribution in [1.82, 2.24) is 9.97 Å². The fourth-order valence-electron chi connectivity index (χ4n) is 5.09. The fraction of sp³-hybridized carbons (Fsp3) is 0.500. The Balaban J connectivity index is 0.00000149.